The molecule has 0 radical (unpaired) electrons. The predicted octanol–water partition coefficient (Wildman–Crippen LogP) is 3.14. The summed E-state index contributed by atoms with van der Waals surface area (Å²) in [5.41, 5.74) is 1.67. The molecule has 20 heavy (non-hydrogen) atoms. The molecule has 0 saturated heterocycles. The van der Waals surface area contributed by atoms with Crippen LogP contribution in [-0.2, 0) is 6.54 Å². The largest absolute Gasteiger partial charge is 0.505 e. The molecule has 0 spiro atoms. The number of fused-ring (bicyclic) bond motifs is 1. The first kappa shape index (κ1) is 12.9. The molecule has 0 saturated carbocycles. The lowest BCUT2D eigenvalue weighted by atomic mass is 10.0. The molecule has 1 atom stereocenters. The van der Waals surface area contributed by atoms with Crippen molar-refractivity contribution in [3.05, 3.63) is 59.4 Å². The Kier molecular flexibility index (Phi) is 3.56. The number of benzene rings is 2. The van der Waals surface area contributed by atoms with Crippen LogP contribution < -0.4 is 10.1 Å². The van der Waals surface area contributed by atoms with Crippen molar-refractivity contribution in [2.45, 2.75) is 19.0 Å². The summed E-state index contributed by atoms with van der Waals surface area (Å²) in [5.74, 6) is 0.0248. The standard InChI is InChI=1S/C16H16FNO2/c17-13-6-3-4-11(16(13)19)10-18-14-8-9-20-15-7-2-1-5-12(14)15/h1-7,14,18-19H,8-10H2. The van der Waals surface area contributed by atoms with Crippen molar-refractivity contribution < 1.29 is 14.2 Å². The van der Waals surface area contributed by atoms with Crippen molar-refractivity contribution in [3.63, 3.8) is 0 Å². The van der Waals surface area contributed by atoms with Crippen LogP contribution in [0.2, 0.25) is 0 Å². The molecule has 2 aromatic rings. The highest BCUT2D eigenvalue weighted by molar-refractivity contribution is 5.38. The highest BCUT2D eigenvalue weighted by Crippen LogP contribution is 2.32. The fraction of sp³-hybridized carbons (Fsp3) is 0.250. The Morgan fingerprint density at radius 2 is 2.05 bits per heavy atom. The van der Waals surface area contributed by atoms with Gasteiger partial charge in [-0.3, -0.25) is 0 Å². The lowest BCUT2D eigenvalue weighted by Crippen LogP contribution is -2.26. The average Bonchev–Trinajstić information content (AvgIpc) is 2.49. The third-order valence-electron chi connectivity index (χ3n) is 3.57. The maximum absolute atomic E-state index is 13.3. The number of aromatic hydroxyl groups is 1. The monoisotopic (exact) mass is 273 g/mol. The van der Waals surface area contributed by atoms with Crippen molar-refractivity contribution >= 4 is 0 Å². The molecule has 2 N–H and O–H groups in total. The highest BCUT2D eigenvalue weighted by Gasteiger charge is 2.20. The summed E-state index contributed by atoms with van der Waals surface area (Å²) in [6.45, 7) is 1.08. The Balaban J connectivity index is 1.75. The second-order valence-electron chi connectivity index (χ2n) is 4.86. The van der Waals surface area contributed by atoms with Crippen LogP contribution >= 0.6 is 0 Å². The second-order valence-corrected chi connectivity index (χ2v) is 4.86. The number of halogens is 1. The van der Waals surface area contributed by atoms with Crippen LogP contribution in [-0.4, -0.2) is 11.7 Å². The summed E-state index contributed by atoms with van der Waals surface area (Å²) in [6, 6.07) is 12.6. The van der Waals surface area contributed by atoms with Crippen molar-refractivity contribution in [2.24, 2.45) is 0 Å². The summed E-state index contributed by atoms with van der Waals surface area (Å²) in [4.78, 5) is 0. The normalized spacial score (nSPS) is 17.4. The van der Waals surface area contributed by atoms with Gasteiger partial charge in [0.25, 0.3) is 0 Å². The SMILES string of the molecule is Oc1c(F)cccc1CNC1CCOc2ccccc21. The fourth-order valence-corrected chi connectivity index (χ4v) is 2.49. The first-order chi connectivity index (χ1) is 9.75. The van der Waals surface area contributed by atoms with E-state index in [1.807, 2.05) is 24.3 Å². The van der Waals surface area contributed by atoms with E-state index in [9.17, 15) is 9.50 Å². The van der Waals surface area contributed by atoms with E-state index in [4.69, 9.17) is 4.74 Å². The first-order valence-corrected chi connectivity index (χ1v) is 6.67. The lowest BCUT2D eigenvalue weighted by molar-refractivity contribution is 0.252. The van der Waals surface area contributed by atoms with Crippen molar-refractivity contribution in [1.82, 2.24) is 5.32 Å². The number of hydrogen-bond donors (Lipinski definition) is 2. The molecule has 3 rings (SSSR count). The molecule has 4 heteroatoms. The molecule has 0 aromatic heterocycles. The second kappa shape index (κ2) is 5.51. The van der Waals surface area contributed by atoms with E-state index in [0.717, 1.165) is 17.7 Å². The minimum atomic E-state index is -0.586. The summed E-state index contributed by atoms with van der Waals surface area (Å²) in [7, 11) is 0. The number of phenols is 1. The van der Waals surface area contributed by atoms with Gasteiger partial charge < -0.3 is 15.2 Å². The summed E-state index contributed by atoms with van der Waals surface area (Å²) in [5, 5.41) is 13.0. The summed E-state index contributed by atoms with van der Waals surface area (Å²) >= 11 is 0. The minimum absolute atomic E-state index is 0.155. The van der Waals surface area contributed by atoms with E-state index in [1.54, 1.807) is 12.1 Å². The van der Waals surface area contributed by atoms with Crippen LogP contribution in [0.3, 0.4) is 0 Å². The van der Waals surface area contributed by atoms with Gasteiger partial charge in [-0.25, -0.2) is 4.39 Å². The van der Waals surface area contributed by atoms with Gasteiger partial charge in [0, 0.05) is 30.1 Å². The molecule has 2 aromatic carbocycles. The first-order valence-electron chi connectivity index (χ1n) is 6.67. The van der Waals surface area contributed by atoms with Gasteiger partial charge in [0.15, 0.2) is 11.6 Å². The van der Waals surface area contributed by atoms with Crippen molar-refractivity contribution in [1.29, 1.82) is 0 Å². The Bertz CT molecular complexity index is 615. The molecular formula is C16H16FNO2. The molecular weight excluding hydrogens is 257 g/mol. The zero-order valence-corrected chi connectivity index (χ0v) is 11.0. The Morgan fingerprint density at radius 1 is 1.20 bits per heavy atom. The van der Waals surface area contributed by atoms with Crippen molar-refractivity contribution in [3.8, 4) is 11.5 Å². The van der Waals surface area contributed by atoms with Crippen LogP contribution in [0.1, 0.15) is 23.6 Å². The molecule has 104 valence electrons. The molecule has 1 aliphatic rings. The number of hydrogen-bond acceptors (Lipinski definition) is 3. The molecule has 0 aliphatic carbocycles. The smallest absolute Gasteiger partial charge is 0.165 e. The lowest BCUT2D eigenvalue weighted by Gasteiger charge is -2.26. The minimum Gasteiger partial charge on any atom is -0.505 e. The number of phenolic OH excluding ortho intramolecular Hbond substituents is 1. The van der Waals surface area contributed by atoms with E-state index in [0.29, 0.717) is 18.7 Å². The third-order valence-corrected chi connectivity index (χ3v) is 3.57. The molecule has 0 bridgehead atoms. The van der Waals surface area contributed by atoms with Crippen LogP contribution in [0.25, 0.3) is 0 Å². The van der Waals surface area contributed by atoms with Gasteiger partial charge in [-0.1, -0.05) is 30.3 Å². The topological polar surface area (TPSA) is 41.5 Å². The Morgan fingerprint density at radius 3 is 2.95 bits per heavy atom. The van der Waals surface area contributed by atoms with Crippen LogP contribution in [0.5, 0.6) is 11.5 Å². The summed E-state index contributed by atoms with van der Waals surface area (Å²) in [6.07, 6.45) is 0.854. The van der Waals surface area contributed by atoms with E-state index in [1.165, 1.54) is 6.07 Å². The van der Waals surface area contributed by atoms with Crippen LogP contribution in [0.15, 0.2) is 42.5 Å². The molecule has 1 unspecified atom stereocenters. The molecule has 3 nitrogen and oxygen atoms in total. The Labute approximate surface area is 117 Å². The maximum Gasteiger partial charge on any atom is 0.165 e. The average molecular weight is 273 g/mol. The number of para-hydroxylation sites is 2. The number of nitrogens with one attached hydrogen (secondary N) is 1. The number of ether oxygens (including phenoxy) is 1. The fourth-order valence-electron chi connectivity index (χ4n) is 2.49. The molecule has 0 fully saturated rings. The van der Waals surface area contributed by atoms with E-state index >= 15 is 0 Å². The zero-order valence-electron chi connectivity index (χ0n) is 11.0. The van der Waals surface area contributed by atoms with E-state index in [-0.39, 0.29) is 11.8 Å². The predicted molar refractivity (Wildman–Crippen MR) is 74.2 cm³/mol. The summed E-state index contributed by atoms with van der Waals surface area (Å²) < 4.78 is 18.9. The van der Waals surface area contributed by atoms with Gasteiger partial charge in [0.2, 0.25) is 0 Å². The van der Waals surface area contributed by atoms with Crippen LogP contribution in [0, 0.1) is 5.82 Å². The molecule has 0 amide bonds. The Hall–Kier alpha value is -2.07. The quantitative estimate of drug-likeness (QED) is 0.902. The van der Waals surface area contributed by atoms with Gasteiger partial charge in [-0.05, 0) is 12.1 Å². The zero-order chi connectivity index (χ0) is 13.9. The highest BCUT2D eigenvalue weighted by atomic mass is 19.1. The van der Waals surface area contributed by atoms with E-state index in [2.05, 4.69) is 5.32 Å². The molecule has 1 heterocycles. The van der Waals surface area contributed by atoms with E-state index < -0.39 is 5.82 Å². The third kappa shape index (κ3) is 2.47. The van der Waals surface area contributed by atoms with Gasteiger partial charge in [-0.15, -0.1) is 0 Å². The van der Waals surface area contributed by atoms with Crippen LogP contribution in [0.4, 0.5) is 4.39 Å². The molecule has 1 aliphatic heterocycles. The van der Waals surface area contributed by atoms with Crippen molar-refractivity contribution in [2.75, 3.05) is 6.61 Å². The maximum atomic E-state index is 13.3. The van der Waals surface area contributed by atoms with Gasteiger partial charge in [-0.2, -0.15) is 0 Å². The van der Waals surface area contributed by atoms with Gasteiger partial charge >= 0.3 is 0 Å². The van der Waals surface area contributed by atoms with Gasteiger partial charge in [0.1, 0.15) is 5.75 Å². The number of rotatable bonds is 3. The van der Waals surface area contributed by atoms with Gasteiger partial charge in [0.05, 0.1) is 6.61 Å².